The minimum absolute atomic E-state index is 1.18. The average Bonchev–Trinajstić information content (AvgIpc) is 3.57. The molecule has 1 nitrogen and oxygen atoms in total. The van der Waals surface area contributed by atoms with Gasteiger partial charge in [0.1, 0.15) is 16.1 Å². The molecule has 2 aliphatic rings. The van der Waals surface area contributed by atoms with Crippen molar-refractivity contribution in [3.05, 3.63) is 176 Å². The SMILES string of the molecule is C[Si]1(C)c2cc(-c3ccccc3)ccc2-c2ccc(N(c3cccc(-c4ccc5ccccc5c4)c3)c3cccc4c3-c3ccccc3[Si]4(C)C)cc21. The highest BCUT2D eigenvalue weighted by Gasteiger charge is 2.41. The van der Waals surface area contributed by atoms with Gasteiger partial charge in [0.2, 0.25) is 0 Å². The van der Waals surface area contributed by atoms with Crippen molar-refractivity contribution in [1.82, 2.24) is 0 Å². The second-order valence-corrected chi connectivity index (χ2v) is 24.5. The van der Waals surface area contributed by atoms with Crippen molar-refractivity contribution < 1.29 is 0 Å². The number of nitrogens with zero attached hydrogens (tertiary/aromatic N) is 1. The molecule has 0 radical (unpaired) electrons. The van der Waals surface area contributed by atoms with Crippen LogP contribution in [0.2, 0.25) is 26.2 Å². The monoisotopic (exact) mass is 711 g/mol. The lowest BCUT2D eigenvalue weighted by molar-refractivity contribution is 1.29. The molecule has 0 saturated carbocycles. The maximum atomic E-state index is 2.55. The molecular weight excluding hydrogens is 671 g/mol. The zero-order valence-electron chi connectivity index (χ0n) is 30.7. The van der Waals surface area contributed by atoms with E-state index in [4.69, 9.17) is 0 Å². The highest BCUT2D eigenvalue weighted by atomic mass is 28.3. The Balaban J connectivity index is 1.17. The first-order valence-corrected chi connectivity index (χ1v) is 24.8. The Kier molecular flexibility index (Phi) is 7.17. The molecule has 8 aromatic carbocycles. The van der Waals surface area contributed by atoms with E-state index in [9.17, 15) is 0 Å². The van der Waals surface area contributed by atoms with Crippen LogP contribution in [-0.4, -0.2) is 16.1 Å². The summed E-state index contributed by atoms with van der Waals surface area (Å²) in [6.45, 7) is 10.1. The minimum atomic E-state index is -2.04. The van der Waals surface area contributed by atoms with Crippen molar-refractivity contribution in [1.29, 1.82) is 0 Å². The molecule has 0 atom stereocenters. The molecule has 0 aromatic heterocycles. The van der Waals surface area contributed by atoms with E-state index in [0.717, 1.165) is 0 Å². The molecule has 0 fully saturated rings. The summed E-state index contributed by atoms with van der Waals surface area (Å²) in [4.78, 5) is 2.55. The average molecular weight is 712 g/mol. The van der Waals surface area contributed by atoms with Crippen LogP contribution in [0.25, 0.3) is 55.3 Å². The van der Waals surface area contributed by atoms with Crippen molar-refractivity contribution in [2.75, 3.05) is 4.90 Å². The Morgan fingerprint density at radius 1 is 0.340 bits per heavy atom. The van der Waals surface area contributed by atoms with Gasteiger partial charge in [0.05, 0.1) is 5.69 Å². The maximum absolute atomic E-state index is 2.55. The molecule has 53 heavy (non-hydrogen) atoms. The van der Waals surface area contributed by atoms with Crippen molar-refractivity contribution >= 4 is 64.7 Å². The van der Waals surface area contributed by atoms with Gasteiger partial charge >= 0.3 is 0 Å². The zero-order valence-corrected chi connectivity index (χ0v) is 32.7. The smallest absolute Gasteiger partial charge is 0.113 e. The second kappa shape index (κ2) is 11.9. The third kappa shape index (κ3) is 4.95. The number of benzene rings is 8. The van der Waals surface area contributed by atoms with Crippen LogP contribution in [0.5, 0.6) is 0 Å². The Bertz CT molecular complexity index is 2740. The Morgan fingerprint density at radius 2 is 0.925 bits per heavy atom. The summed E-state index contributed by atoms with van der Waals surface area (Å²) in [5, 5.41) is 8.61. The Hall–Kier alpha value is -5.75. The summed E-state index contributed by atoms with van der Waals surface area (Å²) in [5.41, 5.74) is 14.2. The van der Waals surface area contributed by atoms with Crippen LogP contribution >= 0.6 is 0 Å². The van der Waals surface area contributed by atoms with E-state index in [0.29, 0.717) is 0 Å². The summed E-state index contributed by atoms with van der Waals surface area (Å²) in [6.07, 6.45) is 0. The van der Waals surface area contributed by atoms with E-state index in [1.165, 1.54) is 93.1 Å². The number of hydrogen-bond donors (Lipinski definition) is 0. The van der Waals surface area contributed by atoms with Gasteiger partial charge in [-0.05, 0) is 107 Å². The molecule has 0 saturated heterocycles. The molecular formula is C50H41NSi2. The van der Waals surface area contributed by atoms with Crippen LogP contribution in [0.15, 0.2) is 176 Å². The van der Waals surface area contributed by atoms with Gasteiger partial charge in [-0.3, -0.25) is 0 Å². The number of hydrogen-bond acceptors (Lipinski definition) is 1. The highest BCUT2D eigenvalue weighted by molar-refractivity contribution is 7.04. The van der Waals surface area contributed by atoms with Gasteiger partial charge in [-0.25, -0.2) is 0 Å². The molecule has 0 unspecified atom stereocenters. The highest BCUT2D eigenvalue weighted by Crippen LogP contribution is 2.44. The van der Waals surface area contributed by atoms with Crippen LogP contribution in [0, 0.1) is 0 Å². The van der Waals surface area contributed by atoms with E-state index in [1.807, 2.05) is 0 Å². The fourth-order valence-electron chi connectivity index (χ4n) is 9.22. The van der Waals surface area contributed by atoms with E-state index in [-0.39, 0.29) is 0 Å². The lowest BCUT2D eigenvalue weighted by Crippen LogP contribution is -2.49. The van der Waals surface area contributed by atoms with Crippen molar-refractivity contribution in [2.45, 2.75) is 26.2 Å². The minimum Gasteiger partial charge on any atom is -0.310 e. The van der Waals surface area contributed by atoms with Gasteiger partial charge in [0.15, 0.2) is 0 Å². The molecule has 0 spiro atoms. The fourth-order valence-corrected chi connectivity index (χ4v) is 15.4. The van der Waals surface area contributed by atoms with E-state index in [2.05, 4.69) is 207 Å². The Morgan fingerprint density at radius 3 is 1.77 bits per heavy atom. The molecule has 10 rings (SSSR count). The first-order chi connectivity index (χ1) is 25.8. The lowest BCUT2D eigenvalue weighted by atomic mass is 9.98. The van der Waals surface area contributed by atoms with Crippen molar-refractivity contribution in [3.8, 4) is 44.5 Å². The number of fused-ring (bicyclic) bond motifs is 7. The summed E-state index contributed by atoms with van der Waals surface area (Å²) in [6, 6.07) is 66.1. The molecule has 0 N–H and O–H groups in total. The summed E-state index contributed by atoms with van der Waals surface area (Å²) in [7, 11) is -3.92. The van der Waals surface area contributed by atoms with Gasteiger partial charge < -0.3 is 4.90 Å². The molecule has 8 aromatic rings. The fraction of sp³-hybridized carbons (Fsp3) is 0.0800. The first-order valence-electron chi connectivity index (χ1n) is 18.8. The van der Waals surface area contributed by atoms with Gasteiger partial charge in [-0.15, -0.1) is 0 Å². The summed E-state index contributed by atoms with van der Waals surface area (Å²) < 4.78 is 0. The molecule has 254 valence electrons. The summed E-state index contributed by atoms with van der Waals surface area (Å²) >= 11 is 0. The number of anilines is 3. The third-order valence-corrected chi connectivity index (χ3v) is 19.1. The molecule has 2 heterocycles. The van der Waals surface area contributed by atoms with Crippen LogP contribution in [0.1, 0.15) is 0 Å². The topological polar surface area (TPSA) is 3.24 Å². The quantitative estimate of drug-likeness (QED) is 0.161. The molecule has 3 heteroatoms. The van der Waals surface area contributed by atoms with E-state index < -0.39 is 16.1 Å². The molecule has 0 aliphatic carbocycles. The molecule has 0 amide bonds. The van der Waals surface area contributed by atoms with Crippen LogP contribution < -0.4 is 25.6 Å². The Labute approximate surface area is 314 Å². The van der Waals surface area contributed by atoms with E-state index in [1.54, 1.807) is 0 Å². The largest absolute Gasteiger partial charge is 0.310 e. The van der Waals surface area contributed by atoms with Gasteiger partial charge in [0, 0.05) is 16.9 Å². The predicted octanol–water partition coefficient (Wildman–Crippen LogP) is 11.2. The standard InChI is InChI=1S/C50H41NSi2/c1-52(2)46-22-11-10-20-44(46)50-45(21-13-23-47(50)52)51(40-19-12-18-37(31-40)38-25-24-35-16-8-9-17-36(35)30-38)41-27-29-43-42-28-26-39(34-14-6-5-7-15-34)32-48(42)53(3,4)49(43)33-41/h5-33H,1-4H3. The third-order valence-electron chi connectivity index (χ3n) is 12.0. The number of rotatable bonds is 5. The van der Waals surface area contributed by atoms with E-state index >= 15 is 0 Å². The first kappa shape index (κ1) is 31.9. The lowest BCUT2D eigenvalue weighted by Gasteiger charge is -2.30. The predicted molar refractivity (Wildman–Crippen MR) is 234 cm³/mol. The molecule has 2 aliphatic heterocycles. The second-order valence-electron chi connectivity index (χ2n) is 15.8. The van der Waals surface area contributed by atoms with Crippen LogP contribution in [0.3, 0.4) is 0 Å². The normalized spacial score (nSPS) is 14.3. The molecule has 0 bridgehead atoms. The van der Waals surface area contributed by atoms with Crippen LogP contribution in [0.4, 0.5) is 17.1 Å². The van der Waals surface area contributed by atoms with Crippen molar-refractivity contribution in [2.24, 2.45) is 0 Å². The maximum Gasteiger partial charge on any atom is 0.113 e. The van der Waals surface area contributed by atoms with Crippen molar-refractivity contribution in [3.63, 3.8) is 0 Å². The van der Waals surface area contributed by atoms with Crippen LogP contribution in [-0.2, 0) is 0 Å². The zero-order chi connectivity index (χ0) is 35.9. The van der Waals surface area contributed by atoms with Gasteiger partial charge in [-0.2, -0.15) is 0 Å². The summed E-state index contributed by atoms with van der Waals surface area (Å²) in [5.74, 6) is 0. The van der Waals surface area contributed by atoms with Gasteiger partial charge in [0.25, 0.3) is 0 Å². The van der Waals surface area contributed by atoms with Gasteiger partial charge in [-0.1, -0.05) is 166 Å².